The summed E-state index contributed by atoms with van der Waals surface area (Å²) in [6.07, 6.45) is 2.94. The Kier molecular flexibility index (Phi) is 5.05. The number of aliphatic hydroxyl groups excluding tert-OH is 1. The Balaban J connectivity index is 1.46. The Bertz CT molecular complexity index is 915. The van der Waals surface area contributed by atoms with Crippen molar-refractivity contribution in [3.05, 3.63) is 65.0 Å². The van der Waals surface area contributed by atoms with Crippen LogP contribution in [0.4, 0.5) is 0 Å². The molecule has 1 atom stereocenters. The molecule has 0 fully saturated rings. The zero-order valence-corrected chi connectivity index (χ0v) is 15.9. The SMILES string of the molecule is Cc1cccc(CCN2CCCn3nc([C@@H](O)c4ccnn4C)cc3C2)n1. The number of pyridine rings is 1. The summed E-state index contributed by atoms with van der Waals surface area (Å²) in [5, 5.41) is 19.5. The van der Waals surface area contributed by atoms with Crippen molar-refractivity contribution < 1.29 is 5.11 Å². The number of aliphatic hydroxyl groups is 1. The summed E-state index contributed by atoms with van der Waals surface area (Å²) in [5.74, 6) is 0. The van der Waals surface area contributed by atoms with E-state index in [1.165, 1.54) is 0 Å². The van der Waals surface area contributed by atoms with E-state index < -0.39 is 6.10 Å². The quantitative estimate of drug-likeness (QED) is 0.746. The minimum absolute atomic E-state index is 0.691. The van der Waals surface area contributed by atoms with Gasteiger partial charge in [0.15, 0.2) is 0 Å². The maximum Gasteiger partial charge on any atom is 0.139 e. The molecule has 0 unspecified atom stereocenters. The average Bonchev–Trinajstić information content (AvgIpc) is 3.21. The molecule has 4 heterocycles. The molecular weight excluding hydrogens is 340 g/mol. The topological polar surface area (TPSA) is 72.0 Å². The van der Waals surface area contributed by atoms with Gasteiger partial charge in [-0.3, -0.25) is 19.2 Å². The van der Waals surface area contributed by atoms with Gasteiger partial charge in [-0.2, -0.15) is 10.2 Å². The molecule has 0 bridgehead atoms. The van der Waals surface area contributed by atoms with Crippen molar-refractivity contribution in [1.29, 1.82) is 0 Å². The highest BCUT2D eigenvalue weighted by Crippen LogP contribution is 2.23. The van der Waals surface area contributed by atoms with Crippen LogP contribution >= 0.6 is 0 Å². The number of fused-ring (bicyclic) bond motifs is 1. The van der Waals surface area contributed by atoms with Crippen molar-refractivity contribution in [2.75, 3.05) is 13.1 Å². The van der Waals surface area contributed by atoms with Crippen LogP contribution in [0.2, 0.25) is 0 Å². The summed E-state index contributed by atoms with van der Waals surface area (Å²) >= 11 is 0. The number of hydrogen-bond donors (Lipinski definition) is 1. The van der Waals surface area contributed by atoms with E-state index in [-0.39, 0.29) is 0 Å². The van der Waals surface area contributed by atoms with Gasteiger partial charge in [-0.1, -0.05) is 6.07 Å². The van der Waals surface area contributed by atoms with Crippen LogP contribution in [-0.2, 0) is 26.6 Å². The average molecular weight is 366 g/mol. The molecule has 3 aromatic heterocycles. The Labute approximate surface area is 159 Å². The molecule has 0 radical (unpaired) electrons. The number of hydrogen-bond acceptors (Lipinski definition) is 5. The van der Waals surface area contributed by atoms with Crippen molar-refractivity contribution in [2.45, 2.75) is 39.0 Å². The normalized spacial score (nSPS) is 16.1. The summed E-state index contributed by atoms with van der Waals surface area (Å²) < 4.78 is 3.73. The molecule has 0 saturated heterocycles. The molecule has 4 rings (SSSR count). The van der Waals surface area contributed by atoms with E-state index in [0.717, 1.165) is 61.8 Å². The van der Waals surface area contributed by atoms with Gasteiger partial charge in [0, 0.05) is 57.2 Å². The van der Waals surface area contributed by atoms with Crippen LogP contribution in [0, 0.1) is 6.92 Å². The Morgan fingerprint density at radius 3 is 2.89 bits per heavy atom. The van der Waals surface area contributed by atoms with E-state index in [9.17, 15) is 5.11 Å². The monoisotopic (exact) mass is 366 g/mol. The first-order valence-corrected chi connectivity index (χ1v) is 9.47. The summed E-state index contributed by atoms with van der Waals surface area (Å²) in [7, 11) is 1.83. The molecule has 0 spiro atoms. The van der Waals surface area contributed by atoms with Gasteiger partial charge in [0.2, 0.25) is 0 Å². The van der Waals surface area contributed by atoms with Crippen molar-refractivity contribution in [2.24, 2.45) is 7.05 Å². The van der Waals surface area contributed by atoms with Crippen LogP contribution in [0.15, 0.2) is 36.5 Å². The van der Waals surface area contributed by atoms with Gasteiger partial charge in [-0.25, -0.2) is 0 Å². The molecule has 7 heteroatoms. The fraction of sp³-hybridized carbons (Fsp3) is 0.450. The molecule has 0 saturated carbocycles. The zero-order valence-electron chi connectivity index (χ0n) is 15.9. The van der Waals surface area contributed by atoms with Crippen LogP contribution in [0.3, 0.4) is 0 Å². The second-order valence-corrected chi connectivity index (χ2v) is 7.22. The van der Waals surface area contributed by atoms with Crippen LogP contribution in [-0.4, -0.2) is 47.6 Å². The van der Waals surface area contributed by atoms with Crippen LogP contribution < -0.4 is 0 Å². The molecule has 142 valence electrons. The standard InChI is InChI=1S/C20H26N6O/c1-15-5-3-6-16(22-15)8-12-25-10-4-11-26-17(14-25)13-18(23-26)20(27)19-7-9-21-24(19)2/h3,5-7,9,13,20,27H,4,8,10-12,14H2,1-2H3/t20-/m1/s1. The van der Waals surface area contributed by atoms with Gasteiger partial charge in [0.05, 0.1) is 17.1 Å². The lowest BCUT2D eigenvalue weighted by Crippen LogP contribution is -2.26. The summed E-state index contributed by atoms with van der Waals surface area (Å²) in [6, 6.07) is 10.1. The number of aryl methyl sites for hydroxylation is 3. The Morgan fingerprint density at radius 1 is 1.22 bits per heavy atom. The summed E-state index contributed by atoms with van der Waals surface area (Å²) in [5.41, 5.74) is 4.80. The predicted octanol–water partition coefficient (Wildman–Crippen LogP) is 1.85. The Morgan fingerprint density at radius 2 is 2.11 bits per heavy atom. The second-order valence-electron chi connectivity index (χ2n) is 7.22. The second kappa shape index (κ2) is 7.62. The lowest BCUT2D eigenvalue weighted by Gasteiger charge is -2.19. The van der Waals surface area contributed by atoms with Crippen molar-refractivity contribution in [3.8, 4) is 0 Å². The van der Waals surface area contributed by atoms with Gasteiger partial charge in [0.25, 0.3) is 0 Å². The van der Waals surface area contributed by atoms with Gasteiger partial charge >= 0.3 is 0 Å². The molecule has 1 aliphatic heterocycles. The number of nitrogens with zero attached hydrogens (tertiary/aromatic N) is 6. The fourth-order valence-electron chi connectivity index (χ4n) is 3.69. The molecule has 1 aliphatic rings. The maximum atomic E-state index is 10.7. The van der Waals surface area contributed by atoms with Crippen molar-refractivity contribution >= 4 is 0 Å². The van der Waals surface area contributed by atoms with Gasteiger partial charge in [-0.15, -0.1) is 0 Å². The first-order chi connectivity index (χ1) is 13.1. The summed E-state index contributed by atoms with van der Waals surface area (Å²) in [4.78, 5) is 7.05. The van der Waals surface area contributed by atoms with E-state index in [4.69, 9.17) is 0 Å². The highest BCUT2D eigenvalue weighted by Gasteiger charge is 2.22. The van der Waals surface area contributed by atoms with Gasteiger partial charge in [-0.05, 0) is 37.6 Å². The van der Waals surface area contributed by atoms with Crippen molar-refractivity contribution in [1.82, 2.24) is 29.4 Å². The minimum atomic E-state index is -0.748. The van der Waals surface area contributed by atoms with E-state index in [2.05, 4.69) is 32.2 Å². The van der Waals surface area contributed by atoms with Crippen LogP contribution in [0.25, 0.3) is 0 Å². The predicted molar refractivity (Wildman–Crippen MR) is 102 cm³/mol. The third-order valence-corrected chi connectivity index (χ3v) is 5.16. The molecule has 3 aromatic rings. The van der Waals surface area contributed by atoms with Gasteiger partial charge < -0.3 is 5.11 Å². The maximum absolute atomic E-state index is 10.7. The molecule has 7 nitrogen and oxygen atoms in total. The largest absolute Gasteiger partial charge is 0.380 e. The lowest BCUT2D eigenvalue weighted by atomic mass is 10.1. The first-order valence-electron chi connectivity index (χ1n) is 9.47. The van der Waals surface area contributed by atoms with E-state index in [1.807, 2.05) is 36.9 Å². The zero-order chi connectivity index (χ0) is 18.8. The molecule has 27 heavy (non-hydrogen) atoms. The number of aromatic nitrogens is 5. The molecule has 0 amide bonds. The third kappa shape index (κ3) is 3.94. The van der Waals surface area contributed by atoms with E-state index >= 15 is 0 Å². The van der Waals surface area contributed by atoms with Crippen molar-refractivity contribution in [3.63, 3.8) is 0 Å². The highest BCUT2D eigenvalue weighted by atomic mass is 16.3. The Hall–Kier alpha value is -2.51. The van der Waals surface area contributed by atoms with E-state index in [0.29, 0.717) is 5.69 Å². The first kappa shape index (κ1) is 17.9. The molecule has 1 N–H and O–H groups in total. The molecule has 0 aliphatic carbocycles. The fourth-order valence-corrected chi connectivity index (χ4v) is 3.69. The third-order valence-electron chi connectivity index (χ3n) is 5.16. The smallest absolute Gasteiger partial charge is 0.139 e. The molecule has 0 aromatic carbocycles. The molecular formula is C20H26N6O. The lowest BCUT2D eigenvalue weighted by molar-refractivity contribution is 0.203. The van der Waals surface area contributed by atoms with E-state index in [1.54, 1.807) is 10.9 Å². The van der Waals surface area contributed by atoms with Gasteiger partial charge in [0.1, 0.15) is 6.10 Å². The number of rotatable bonds is 5. The van der Waals surface area contributed by atoms with Crippen LogP contribution in [0.1, 0.15) is 41.0 Å². The summed E-state index contributed by atoms with van der Waals surface area (Å²) in [6.45, 7) is 5.78. The van der Waals surface area contributed by atoms with Crippen LogP contribution in [0.5, 0.6) is 0 Å². The highest BCUT2D eigenvalue weighted by molar-refractivity contribution is 5.21. The minimum Gasteiger partial charge on any atom is -0.380 e.